The maximum atomic E-state index is 4.19. The summed E-state index contributed by atoms with van der Waals surface area (Å²) in [5.41, 5.74) is 0.990. The standard InChI is InChI=1S/C10H8N3.W/c1-8-11-7-12-10(13-8)9-5-3-2-4-6-9;/h2-6H,1H3;/q-1;+2. The Morgan fingerprint density at radius 1 is 1.07 bits per heavy atom. The van der Waals surface area contributed by atoms with E-state index in [4.69, 9.17) is 0 Å². The van der Waals surface area contributed by atoms with Gasteiger partial charge in [-0.2, -0.15) is 0 Å². The fourth-order valence-corrected chi connectivity index (χ4v) is 1.06. The molecule has 0 aliphatic heterocycles. The van der Waals surface area contributed by atoms with Crippen molar-refractivity contribution in [3.05, 3.63) is 42.5 Å². The summed E-state index contributed by atoms with van der Waals surface area (Å²) in [4.78, 5) is 12.0. The molecule has 14 heavy (non-hydrogen) atoms. The molecule has 0 fully saturated rings. The molecule has 0 aliphatic rings. The van der Waals surface area contributed by atoms with Crippen molar-refractivity contribution in [1.82, 2.24) is 15.0 Å². The Morgan fingerprint density at radius 3 is 2.43 bits per heavy atom. The molecule has 0 bridgehead atoms. The first-order valence-corrected chi connectivity index (χ1v) is 4.00. The number of rotatable bonds is 1. The molecule has 2 aromatic rings. The van der Waals surface area contributed by atoms with Crippen LogP contribution in [0.4, 0.5) is 0 Å². The Labute approximate surface area is 96.9 Å². The van der Waals surface area contributed by atoms with Crippen molar-refractivity contribution in [3.8, 4) is 11.4 Å². The van der Waals surface area contributed by atoms with Crippen LogP contribution in [0, 0.1) is 13.3 Å². The molecule has 0 N–H and O–H groups in total. The summed E-state index contributed by atoms with van der Waals surface area (Å²) in [5.74, 6) is 1.36. The zero-order valence-corrected chi connectivity index (χ0v) is 10.6. The molecule has 0 radical (unpaired) electrons. The molecule has 1 aromatic carbocycles. The normalized spacial score (nSPS) is 9.21. The van der Waals surface area contributed by atoms with E-state index in [0.717, 1.165) is 5.56 Å². The topological polar surface area (TPSA) is 38.7 Å². The molecule has 0 amide bonds. The van der Waals surface area contributed by atoms with Gasteiger partial charge in [-0.3, -0.25) is 0 Å². The van der Waals surface area contributed by atoms with E-state index in [2.05, 4.69) is 21.3 Å². The second-order valence-corrected chi connectivity index (χ2v) is 2.67. The van der Waals surface area contributed by atoms with E-state index < -0.39 is 0 Å². The van der Waals surface area contributed by atoms with Crippen LogP contribution in [0.15, 0.2) is 30.3 Å². The predicted octanol–water partition coefficient (Wildman–Crippen LogP) is 1.64. The predicted molar refractivity (Wildman–Crippen MR) is 48.8 cm³/mol. The minimum Gasteiger partial charge on any atom is -0.353 e. The van der Waals surface area contributed by atoms with Gasteiger partial charge in [0.1, 0.15) is 0 Å². The van der Waals surface area contributed by atoms with Gasteiger partial charge in [-0.15, -0.1) is 0 Å². The number of aromatic nitrogens is 3. The van der Waals surface area contributed by atoms with Gasteiger partial charge in [0, 0.05) is 18.0 Å². The Hall–Kier alpha value is -1.08. The molecule has 1 heterocycles. The van der Waals surface area contributed by atoms with Crippen LogP contribution < -0.4 is 0 Å². The average Bonchev–Trinajstić information content (AvgIpc) is 2.19. The Morgan fingerprint density at radius 2 is 1.79 bits per heavy atom. The van der Waals surface area contributed by atoms with Crippen molar-refractivity contribution >= 4 is 0 Å². The molecule has 0 saturated heterocycles. The van der Waals surface area contributed by atoms with E-state index in [1.54, 1.807) is 0 Å². The van der Waals surface area contributed by atoms with Gasteiger partial charge in [-0.1, -0.05) is 37.3 Å². The van der Waals surface area contributed by atoms with Crippen LogP contribution in [0.1, 0.15) is 5.82 Å². The zero-order valence-electron chi connectivity index (χ0n) is 7.64. The summed E-state index contributed by atoms with van der Waals surface area (Å²) in [6.45, 7) is 1.82. The minimum absolute atomic E-state index is 0. The van der Waals surface area contributed by atoms with Crippen LogP contribution in [-0.2, 0) is 21.1 Å². The van der Waals surface area contributed by atoms with Crippen LogP contribution >= 0.6 is 0 Å². The summed E-state index contributed by atoms with van der Waals surface area (Å²) in [6, 6.07) is 9.79. The van der Waals surface area contributed by atoms with Crippen molar-refractivity contribution in [2.24, 2.45) is 0 Å². The molecule has 4 heteroatoms. The second-order valence-electron chi connectivity index (χ2n) is 2.67. The SMILES string of the molecule is Cc1n[c-]nc(-c2ccccc2)n1.[W+2]. The maximum Gasteiger partial charge on any atom is 2.00 e. The molecule has 0 spiro atoms. The van der Waals surface area contributed by atoms with Gasteiger partial charge in [0.15, 0.2) is 0 Å². The third-order valence-electron chi connectivity index (χ3n) is 1.67. The van der Waals surface area contributed by atoms with E-state index in [1.165, 1.54) is 0 Å². The minimum atomic E-state index is 0. The van der Waals surface area contributed by atoms with Crippen LogP contribution in [0.3, 0.4) is 0 Å². The number of hydrogen-bond acceptors (Lipinski definition) is 3. The number of benzene rings is 1. The smallest absolute Gasteiger partial charge is 0.353 e. The Kier molecular flexibility index (Phi) is 3.90. The fourth-order valence-electron chi connectivity index (χ4n) is 1.06. The first-order chi connectivity index (χ1) is 6.36. The largest absolute Gasteiger partial charge is 2.00 e. The van der Waals surface area contributed by atoms with Crippen molar-refractivity contribution in [2.45, 2.75) is 6.92 Å². The number of nitrogens with zero attached hydrogens (tertiary/aromatic N) is 3. The molecule has 1 aromatic heterocycles. The molecule has 2 rings (SSSR count). The van der Waals surface area contributed by atoms with Gasteiger partial charge < -0.3 is 15.0 Å². The fraction of sp³-hybridized carbons (Fsp3) is 0.100. The molecule has 68 valence electrons. The van der Waals surface area contributed by atoms with Crippen LogP contribution in [0.2, 0.25) is 0 Å². The van der Waals surface area contributed by atoms with Crippen molar-refractivity contribution in [3.63, 3.8) is 0 Å². The first kappa shape index (κ1) is 11.0. The number of hydrogen-bond donors (Lipinski definition) is 0. The third-order valence-corrected chi connectivity index (χ3v) is 1.67. The van der Waals surface area contributed by atoms with Gasteiger partial charge in [0.25, 0.3) is 0 Å². The molecule has 0 atom stereocenters. The monoisotopic (exact) mass is 354 g/mol. The van der Waals surface area contributed by atoms with Gasteiger partial charge in [0.2, 0.25) is 0 Å². The van der Waals surface area contributed by atoms with Gasteiger partial charge in [-0.25, -0.2) is 0 Å². The summed E-state index contributed by atoms with van der Waals surface area (Å²) in [6.07, 6.45) is 2.57. The van der Waals surface area contributed by atoms with E-state index in [9.17, 15) is 0 Å². The third kappa shape index (κ3) is 2.45. The van der Waals surface area contributed by atoms with Crippen LogP contribution in [0.5, 0.6) is 0 Å². The van der Waals surface area contributed by atoms with E-state index in [1.807, 2.05) is 37.3 Å². The van der Waals surface area contributed by atoms with E-state index in [0.29, 0.717) is 11.6 Å². The molecular weight excluding hydrogens is 346 g/mol. The Bertz CT molecular complexity index is 403. The summed E-state index contributed by atoms with van der Waals surface area (Å²) < 4.78 is 0. The molecule has 3 nitrogen and oxygen atoms in total. The average molecular weight is 354 g/mol. The van der Waals surface area contributed by atoms with Crippen LogP contribution in [0.25, 0.3) is 11.4 Å². The van der Waals surface area contributed by atoms with Gasteiger partial charge in [-0.05, 0) is 5.56 Å². The molecular formula is C10H8N3W+. The van der Waals surface area contributed by atoms with Crippen molar-refractivity contribution in [2.75, 3.05) is 0 Å². The van der Waals surface area contributed by atoms with Crippen molar-refractivity contribution in [1.29, 1.82) is 0 Å². The molecule has 0 aliphatic carbocycles. The van der Waals surface area contributed by atoms with Crippen molar-refractivity contribution < 1.29 is 21.1 Å². The van der Waals surface area contributed by atoms with Crippen LogP contribution in [-0.4, -0.2) is 15.0 Å². The maximum absolute atomic E-state index is 4.19. The summed E-state index contributed by atoms with van der Waals surface area (Å²) >= 11 is 0. The van der Waals surface area contributed by atoms with Gasteiger partial charge >= 0.3 is 21.1 Å². The summed E-state index contributed by atoms with van der Waals surface area (Å²) in [7, 11) is 0. The quantitative estimate of drug-likeness (QED) is 0.732. The molecule has 0 unspecified atom stereocenters. The van der Waals surface area contributed by atoms with E-state index in [-0.39, 0.29) is 21.1 Å². The molecule has 0 saturated carbocycles. The van der Waals surface area contributed by atoms with Gasteiger partial charge in [0.05, 0.1) is 0 Å². The summed E-state index contributed by atoms with van der Waals surface area (Å²) in [5, 5.41) is 0. The second kappa shape index (κ2) is 4.96. The number of aryl methyl sites for hydroxylation is 1. The first-order valence-electron chi connectivity index (χ1n) is 4.00. The zero-order chi connectivity index (χ0) is 9.10. The van der Waals surface area contributed by atoms with E-state index >= 15 is 0 Å². The Balaban J connectivity index is 0.000000980.